The highest BCUT2D eigenvalue weighted by molar-refractivity contribution is 6.31. The van der Waals surface area contributed by atoms with Crippen LogP contribution < -0.4 is 10.6 Å². The lowest BCUT2D eigenvalue weighted by molar-refractivity contribution is -0.115. The van der Waals surface area contributed by atoms with Crippen molar-refractivity contribution < 1.29 is 14.1 Å². The van der Waals surface area contributed by atoms with Crippen LogP contribution in [0.1, 0.15) is 27.4 Å². The Morgan fingerprint density at radius 3 is 2.41 bits per heavy atom. The SMILES string of the molecule is Cc1noc(C)c1CC(=O)Nc1cccc(C(=O)Nc2cccc(Cl)c2)c1. The number of carbonyl (C=O) groups excluding carboxylic acids is 2. The zero-order valence-corrected chi connectivity index (χ0v) is 15.6. The molecule has 0 saturated heterocycles. The Bertz CT molecular complexity index is 978. The minimum absolute atomic E-state index is 0.153. The first-order valence-corrected chi connectivity index (χ1v) is 8.69. The molecule has 3 aromatic rings. The number of rotatable bonds is 5. The van der Waals surface area contributed by atoms with E-state index in [0.29, 0.717) is 33.4 Å². The van der Waals surface area contributed by atoms with Gasteiger partial charge in [-0.05, 0) is 50.2 Å². The molecule has 0 saturated carbocycles. The van der Waals surface area contributed by atoms with Crippen LogP contribution in [-0.4, -0.2) is 17.0 Å². The molecule has 3 rings (SSSR count). The fourth-order valence-electron chi connectivity index (χ4n) is 2.63. The van der Waals surface area contributed by atoms with Gasteiger partial charge in [-0.3, -0.25) is 9.59 Å². The van der Waals surface area contributed by atoms with E-state index in [4.69, 9.17) is 16.1 Å². The van der Waals surface area contributed by atoms with Crippen LogP contribution in [0.5, 0.6) is 0 Å². The molecule has 2 amide bonds. The summed E-state index contributed by atoms with van der Waals surface area (Å²) >= 11 is 5.93. The second-order valence-electron chi connectivity index (χ2n) is 6.07. The molecule has 6 nitrogen and oxygen atoms in total. The largest absolute Gasteiger partial charge is 0.361 e. The number of hydrogen-bond donors (Lipinski definition) is 2. The summed E-state index contributed by atoms with van der Waals surface area (Å²) in [6.45, 7) is 3.56. The summed E-state index contributed by atoms with van der Waals surface area (Å²) < 4.78 is 5.07. The van der Waals surface area contributed by atoms with E-state index in [1.165, 1.54) is 0 Å². The number of nitrogens with one attached hydrogen (secondary N) is 2. The highest BCUT2D eigenvalue weighted by Gasteiger charge is 2.14. The van der Waals surface area contributed by atoms with Crippen molar-refractivity contribution in [1.29, 1.82) is 0 Å². The Labute approximate surface area is 161 Å². The zero-order chi connectivity index (χ0) is 19.4. The van der Waals surface area contributed by atoms with Crippen molar-refractivity contribution in [1.82, 2.24) is 5.16 Å². The van der Waals surface area contributed by atoms with Gasteiger partial charge in [0.2, 0.25) is 5.91 Å². The maximum atomic E-state index is 12.4. The minimum atomic E-state index is -0.293. The van der Waals surface area contributed by atoms with Gasteiger partial charge in [-0.1, -0.05) is 28.9 Å². The average Bonchev–Trinajstić information content (AvgIpc) is 2.94. The lowest BCUT2D eigenvalue weighted by Gasteiger charge is -2.09. The van der Waals surface area contributed by atoms with Gasteiger partial charge in [0, 0.05) is 27.5 Å². The topological polar surface area (TPSA) is 84.2 Å². The van der Waals surface area contributed by atoms with Crippen molar-refractivity contribution in [3.63, 3.8) is 0 Å². The highest BCUT2D eigenvalue weighted by Crippen LogP contribution is 2.18. The number of benzene rings is 2. The summed E-state index contributed by atoms with van der Waals surface area (Å²) in [6, 6.07) is 13.6. The van der Waals surface area contributed by atoms with E-state index in [1.54, 1.807) is 62.4 Å². The average molecular weight is 384 g/mol. The number of halogens is 1. The van der Waals surface area contributed by atoms with Gasteiger partial charge in [-0.15, -0.1) is 0 Å². The first-order chi connectivity index (χ1) is 12.9. The third-order valence-electron chi connectivity index (χ3n) is 4.01. The smallest absolute Gasteiger partial charge is 0.255 e. The number of anilines is 2. The fraction of sp³-hybridized carbons (Fsp3) is 0.150. The second-order valence-corrected chi connectivity index (χ2v) is 6.51. The Kier molecular flexibility index (Phi) is 5.57. The molecule has 0 bridgehead atoms. The Morgan fingerprint density at radius 2 is 1.74 bits per heavy atom. The van der Waals surface area contributed by atoms with Crippen molar-refractivity contribution in [3.8, 4) is 0 Å². The molecule has 27 heavy (non-hydrogen) atoms. The van der Waals surface area contributed by atoms with Gasteiger partial charge in [0.15, 0.2) is 0 Å². The molecule has 7 heteroatoms. The maximum absolute atomic E-state index is 12.4. The van der Waals surface area contributed by atoms with Crippen molar-refractivity contribution >= 4 is 34.8 Å². The second kappa shape index (κ2) is 8.05. The Morgan fingerprint density at radius 1 is 1.04 bits per heavy atom. The molecule has 2 aromatic carbocycles. The van der Waals surface area contributed by atoms with Crippen molar-refractivity contribution in [2.45, 2.75) is 20.3 Å². The molecule has 1 aromatic heterocycles. The van der Waals surface area contributed by atoms with E-state index in [2.05, 4.69) is 15.8 Å². The summed E-state index contributed by atoms with van der Waals surface area (Å²) in [6.07, 6.45) is 0.153. The summed E-state index contributed by atoms with van der Waals surface area (Å²) in [5, 5.41) is 9.95. The summed E-state index contributed by atoms with van der Waals surface area (Å²) in [4.78, 5) is 24.7. The van der Waals surface area contributed by atoms with Crippen molar-refractivity contribution in [2.75, 3.05) is 10.6 Å². The number of aryl methyl sites for hydroxylation is 2. The molecule has 0 radical (unpaired) electrons. The first-order valence-electron chi connectivity index (χ1n) is 8.31. The van der Waals surface area contributed by atoms with Gasteiger partial charge in [0.1, 0.15) is 5.76 Å². The normalized spacial score (nSPS) is 10.5. The van der Waals surface area contributed by atoms with Gasteiger partial charge in [0.25, 0.3) is 5.91 Å². The monoisotopic (exact) mass is 383 g/mol. The fourth-order valence-corrected chi connectivity index (χ4v) is 2.82. The molecule has 0 fully saturated rings. The maximum Gasteiger partial charge on any atom is 0.255 e. The highest BCUT2D eigenvalue weighted by atomic mass is 35.5. The minimum Gasteiger partial charge on any atom is -0.361 e. The molecule has 0 aliphatic rings. The molecule has 0 spiro atoms. The third-order valence-corrected chi connectivity index (χ3v) is 4.24. The number of nitrogens with zero attached hydrogens (tertiary/aromatic N) is 1. The predicted molar refractivity (Wildman–Crippen MR) is 104 cm³/mol. The Balaban J connectivity index is 1.68. The van der Waals surface area contributed by atoms with Crippen LogP contribution in [0.3, 0.4) is 0 Å². The van der Waals surface area contributed by atoms with E-state index in [-0.39, 0.29) is 18.2 Å². The summed E-state index contributed by atoms with van der Waals surface area (Å²) in [5.74, 6) is 0.119. The molecule has 1 heterocycles. The first kappa shape index (κ1) is 18.7. The van der Waals surface area contributed by atoms with Crippen molar-refractivity contribution in [3.05, 3.63) is 76.1 Å². The van der Waals surface area contributed by atoms with E-state index in [9.17, 15) is 9.59 Å². The predicted octanol–water partition coefficient (Wildman–Crippen LogP) is 4.38. The number of hydrogen-bond acceptors (Lipinski definition) is 4. The van der Waals surface area contributed by atoms with Crippen molar-refractivity contribution in [2.24, 2.45) is 0 Å². The number of carbonyl (C=O) groups is 2. The van der Waals surface area contributed by atoms with E-state index in [0.717, 1.165) is 5.56 Å². The molecule has 0 atom stereocenters. The lowest BCUT2D eigenvalue weighted by atomic mass is 10.1. The molecule has 0 aliphatic carbocycles. The quantitative estimate of drug-likeness (QED) is 0.684. The molecule has 0 unspecified atom stereocenters. The third kappa shape index (κ3) is 4.74. The standard InChI is InChI=1S/C20H18ClN3O3/c1-12-18(13(2)27-24-12)11-19(25)22-16-7-3-5-14(9-16)20(26)23-17-8-4-6-15(21)10-17/h3-10H,11H2,1-2H3,(H,22,25)(H,23,26). The van der Waals surface area contributed by atoms with Gasteiger partial charge in [-0.2, -0.15) is 0 Å². The van der Waals surface area contributed by atoms with Crippen LogP contribution in [0.4, 0.5) is 11.4 Å². The van der Waals surface area contributed by atoms with E-state index >= 15 is 0 Å². The molecule has 138 valence electrons. The van der Waals surface area contributed by atoms with Crippen LogP contribution in [0.15, 0.2) is 53.1 Å². The van der Waals surface area contributed by atoms with Crippen LogP contribution in [0.25, 0.3) is 0 Å². The summed E-state index contributed by atoms with van der Waals surface area (Å²) in [5.41, 5.74) is 3.01. The van der Waals surface area contributed by atoms with Gasteiger partial charge >= 0.3 is 0 Å². The van der Waals surface area contributed by atoms with Gasteiger partial charge < -0.3 is 15.2 Å². The van der Waals surface area contributed by atoms with Gasteiger partial charge in [0.05, 0.1) is 12.1 Å². The lowest BCUT2D eigenvalue weighted by Crippen LogP contribution is -2.16. The number of amides is 2. The van der Waals surface area contributed by atoms with Crippen LogP contribution in [0, 0.1) is 13.8 Å². The number of aromatic nitrogens is 1. The van der Waals surface area contributed by atoms with E-state index in [1.807, 2.05) is 0 Å². The van der Waals surface area contributed by atoms with Crippen LogP contribution in [-0.2, 0) is 11.2 Å². The Hall–Kier alpha value is -3.12. The van der Waals surface area contributed by atoms with E-state index < -0.39 is 0 Å². The molecule has 0 aliphatic heterocycles. The molecular weight excluding hydrogens is 366 g/mol. The van der Waals surface area contributed by atoms with Crippen LogP contribution in [0.2, 0.25) is 5.02 Å². The summed E-state index contributed by atoms with van der Waals surface area (Å²) in [7, 11) is 0. The molecule has 2 N–H and O–H groups in total. The molecular formula is C20H18ClN3O3. The van der Waals surface area contributed by atoms with Gasteiger partial charge in [-0.25, -0.2) is 0 Å². The van der Waals surface area contributed by atoms with Crippen LogP contribution >= 0.6 is 11.6 Å². The zero-order valence-electron chi connectivity index (χ0n) is 14.9.